The summed E-state index contributed by atoms with van der Waals surface area (Å²) in [5, 5.41) is 96.2. The first-order chi connectivity index (χ1) is 30.4. The minimum absolute atomic E-state index is 0.0237. The lowest BCUT2D eigenvalue weighted by Crippen LogP contribution is -2.67. The van der Waals surface area contributed by atoms with E-state index in [0.29, 0.717) is 25.9 Å². The highest BCUT2D eigenvalue weighted by Crippen LogP contribution is 2.34. The van der Waals surface area contributed by atoms with E-state index in [4.69, 9.17) is 37.9 Å². The number of allylic oxidation sites excluding steroid dienone is 7. The second-order valence-corrected chi connectivity index (χ2v) is 17.1. The number of esters is 2. The van der Waals surface area contributed by atoms with Crippen molar-refractivity contribution in [2.45, 2.75) is 178 Å². The van der Waals surface area contributed by atoms with Gasteiger partial charge in [-0.3, -0.25) is 4.79 Å². The van der Waals surface area contributed by atoms with E-state index in [1.54, 1.807) is 6.08 Å². The summed E-state index contributed by atoms with van der Waals surface area (Å²) >= 11 is 0. The predicted molar refractivity (Wildman–Crippen MR) is 226 cm³/mol. The number of rotatable bonds is 23. The lowest BCUT2D eigenvalue weighted by atomic mass is 9.96. The number of aliphatic hydroxyl groups excluding tert-OH is 9. The maximum Gasteiger partial charge on any atom is 0.331 e. The Morgan fingerprint density at radius 2 is 1.17 bits per heavy atom. The van der Waals surface area contributed by atoms with Crippen LogP contribution < -0.4 is 0 Å². The average molecular weight is 915 g/mol. The van der Waals surface area contributed by atoms with Crippen LogP contribution in [0.25, 0.3) is 0 Å². The van der Waals surface area contributed by atoms with E-state index in [2.05, 4.69) is 38.2 Å². The molecule has 64 heavy (non-hydrogen) atoms. The summed E-state index contributed by atoms with van der Waals surface area (Å²) in [6.45, 7) is 7.55. The molecule has 15 unspecified atom stereocenters. The smallest absolute Gasteiger partial charge is 0.331 e. The molecule has 0 aliphatic carbocycles. The highest BCUT2D eigenvalue weighted by Gasteiger charge is 2.54. The second-order valence-electron chi connectivity index (χ2n) is 17.1. The molecule has 9 N–H and O–H groups in total. The summed E-state index contributed by atoms with van der Waals surface area (Å²) in [7, 11) is 0. The average Bonchev–Trinajstić information content (AvgIpc) is 3.67. The first kappa shape index (κ1) is 53.7. The molecule has 15 atom stereocenters. The number of carbonyl (C=O) groups is 2. The molecule has 0 saturated carbocycles. The molecule has 4 aliphatic rings. The molecule has 4 heterocycles. The van der Waals surface area contributed by atoms with Crippen molar-refractivity contribution in [2.24, 2.45) is 0 Å². The zero-order valence-electron chi connectivity index (χ0n) is 37.3. The van der Waals surface area contributed by atoms with Crippen molar-refractivity contribution in [1.82, 2.24) is 0 Å². The number of aliphatic hydroxyl groups is 9. The van der Waals surface area contributed by atoms with Crippen LogP contribution >= 0.6 is 0 Å². The van der Waals surface area contributed by atoms with Gasteiger partial charge in [-0.2, -0.15) is 0 Å². The van der Waals surface area contributed by atoms with Gasteiger partial charge in [0.15, 0.2) is 18.9 Å². The molecule has 19 nitrogen and oxygen atoms in total. The summed E-state index contributed by atoms with van der Waals surface area (Å²) in [6, 6.07) is 0. The van der Waals surface area contributed by atoms with E-state index in [0.717, 1.165) is 55.7 Å². The van der Waals surface area contributed by atoms with Crippen LogP contribution in [0, 0.1) is 0 Å². The molecule has 3 fully saturated rings. The summed E-state index contributed by atoms with van der Waals surface area (Å²) in [6.07, 6.45) is -9.18. The van der Waals surface area contributed by atoms with Crippen LogP contribution in [-0.2, 0) is 47.5 Å². The Bertz CT molecular complexity index is 1640. The van der Waals surface area contributed by atoms with Gasteiger partial charge in [-0.25, -0.2) is 4.79 Å². The maximum absolute atomic E-state index is 11.4. The van der Waals surface area contributed by atoms with Gasteiger partial charge in [0.25, 0.3) is 0 Å². The SMILES string of the molecule is CC(=O)OCC1OC(OC2C(OC3C(OCC(=CCCC(C)=CCCC(C)=CCCC4=CC(=O)OC4)CCC=C(C)C)OC(CO)C(O)C3O)OC(CO)C(O)C2O)C(O)C(O)C1O. The summed E-state index contributed by atoms with van der Waals surface area (Å²) in [5.41, 5.74) is 5.50. The predicted octanol–water partition coefficient (Wildman–Crippen LogP) is 0.411. The first-order valence-electron chi connectivity index (χ1n) is 21.9. The highest BCUT2D eigenvalue weighted by atomic mass is 16.8. The van der Waals surface area contributed by atoms with E-state index in [1.165, 1.54) is 11.1 Å². The zero-order valence-corrected chi connectivity index (χ0v) is 37.3. The molecule has 0 amide bonds. The van der Waals surface area contributed by atoms with E-state index in [-0.39, 0.29) is 12.6 Å². The second kappa shape index (κ2) is 26.4. The molecule has 0 bridgehead atoms. The van der Waals surface area contributed by atoms with Gasteiger partial charge in [-0.05, 0) is 90.2 Å². The third-order valence-electron chi connectivity index (χ3n) is 11.5. The summed E-state index contributed by atoms with van der Waals surface area (Å²) < 4.78 is 45.4. The lowest BCUT2D eigenvalue weighted by Gasteiger charge is -2.48. The Morgan fingerprint density at radius 3 is 1.75 bits per heavy atom. The Hall–Kier alpha value is -2.96. The van der Waals surface area contributed by atoms with Crippen LogP contribution in [0.2, 0.25) is 0 Å². The van der Waals surface area contributed by atoms with Gasteiger partial charge >= 0.3 is 11.9 Å². The fraction of sp³-hybridized carbons (Fsp3) is 0.733. The molecule has 0 aromatic carbocycles. The number of hydrogen-bond donors (Lipinski definition) is 9. The molecule has 19 heteroatoms. The van der Waals surface area contributed by atoms with Crippen molar-refractivity contribution in [3.8, 4) is 0 Å². The van der Waals surface area contributed by atoms with Gasteiger partial charge in [-0.1, -0.05) is 41.0 Å². The van der Waals surface area contributed by atoms with Crippen molar-refractivity contribution in [1.29, 1.82) is 0 Å². The molecule has 0 aromatic heterocycles. The van der Waals surface area contributed by atoms with E-state index in [1.807, 2.05) is 13.8 Å². The molecule has 4 rings (SSSR count). The van der Waals surface area contributed by atoms with Crippen molar-refractivity contribution < 1.29 is 93.4 Å². The van der Waals surface area contributed by atoms with Crippen molar-refractivity contribution in [3.63, 3.8) is 0 Å². The monoisotopic (exact) mass is 914 g/mol. The standard InChI is InChI=1S/C45H70O19/c1-24(2)10-6-15-28(16-8-13-25(3)11-7-12-26(4)14-9-17-29-18-33(49)58-22-29)21-59-44-41(38(54)34(50)30(19-46)60-44)64-45-42(39(55)35(51)31(20-47)61-45)63-43-40(56)37(53)36(52)32(62-43)23-57-27(5)48/h10-11,14,16,18,30-32,34-47,50-56H,6-9,12-13,15,17,19-23H2,1-5H3. The van der Waals surface area contributed by atoms with Gasteiger partial charge in [-0.15, -0.1) is 0 Å². The topological polar surface area (TPSA) is 290 Å². The van der Waals surface area contributed by atoms with Crippen LogP contribution in [-0.4, -0.2) is 183 Å². The van der Waals surface area contributed by atoms with Crippen LogP contribution in [0.3, 0.4) is 0 Å². The summed E-state index contributed by atoms with van der Waals surface area (Å²) in [5.74, 6) is -1.00. The zero-order chi connectivity index (χ0) is 47.1. The van der Waals surface area contributed by atoms with Crippen LogP contribution in [0.1, 0.15) is 86.0 Å². The fourth-order valence-corrected chi connectivity index (χ4v) is 7.61. The van der Waals surface area contributed by atoms with Gasteiger partial charge in [0.1, 0.15) is 86.5 Å². The maximum atomic E-state index is 11.4. The minimum atomic E-state index is -1.94. The number of carbonyl (C=O) groups excluding carboxylic acids is 2. The molecule has 364 valence electrons. The molecular formula is C45H70O19. The minimum Gasteiger partial charge on any atom is -0.463 e. The lowest BCUT2D eigenvalue weighted by molar-refractivity contribution is -0.393. The van der Waals surface area contributed by atoms with Gasteiger partial charge in [0.2, 0.25) is 0 Å². The van der Waals surface area contributed by atoms with E-state index < -0.39 is 118 Å². The van der Waals surface area contributed by atoms with Crippen molar-refractivity contribution in [3.05, 3.63) is 58.2 Å². The van der Waals surface area contributed by atoms with Crippen LogP contribution in [0.4, 0.5) is 0 Å². The van der Waals surface area contributed by atoms with Crippen molar-refractivity contribution in [2.75, 3.05) is 33.0 Å². The molecule has 0 radical (unpaired) electrons. The van der Waals surface area contributed by atoms with Gasteiger partial charge in [0.05, 0.1) is 19.8 Å². The first-order valence-corrected chi connectivity index (χ1v) is 21.9. The third-order valence-corrected chi connectivity index (χ3v) is 11.5. The Balaban J connectivity index is 1.47. The quantitative estimate of drug-likeness (QED) is 0.0496. The van der Waals surface area contributed by atoms with Gasteiger partial charge in [0, 0.05) is 13.0 Å². The van der Waals surface area contributed by atoms with Crippen LogP contribution in [0.15, 0.2) is 58.2 Å². The summed E-state index contributed by atoms with van der Waals surface area (Å²) in [4.78, 5) is 22.7. The molecule has 0 aromatic rings. The fourth-order valence-electron chi connectivity index (χ4n) is 7.61. The molecule has 0 spiro atoms. The van der Waals surface area contributed by atoms with Crippen molar-refractivity contribution >= 4 is 11.9 Å². The van der Waals surface area contributed by atoms with Crippen LogP contribution in [0.5, 0.6) is 0 Å². The third kappa shape index (κ3) is 15.8. The van der Waals surface area contributed by atoms with E-state index in [9.17, 15) is 55.5 Å². The molecular weight excluding hydrogens is 844 g/mol. The number of hydrogen-bond acceptors (Lipinski definition) is 19. The highest BCUT2D eigenvalue weighted by molar-refractivity contribution is 5.85. The largest absolute Gasteiger partial charge is 0.463 e. The Kier molecular flexibility index (Phi) is 22.1. The molecule has 3 saturated heterocycles. The van der Waals surface area contributed by atoms with Gasteiger partial charge < -0.3 is 83.9 Å². The van der Waals surface area contributed by atoms with E-state index >= 15 is 0 Å². The number of cyclic esters (lactones) is 1. The normalized spacial score (nSPS) is 35.2. The Labute approximate surface area is 374 Å². The molecule has 4 aliphatic heterocycles. The Morgan fingerprint density at radius 1 is 0.641 bits per heavy atom. The number of ether oxygens (including phenoxy) is 8.